The van der Waals surface area contributed by atoms with E-state index in [-0.39, 0.29) is 17.1 Å². The second-order valence-corrected chi connectivity index (χ2v) is 2.86. The molecule has 0 fully saturated rings. The van der Waals surface area contributed by atoms with Crippen LogP contribution < -0.4 is 4.74 Å². The highest BCUT2D eigenvalue weighted by Crippen LogP contribution is 2.27. The highest BCUT2D eigenvalue weighted by atomic mass is 127. The van der Waals surface area contributed by atoms with E-state index in [0.29, 0.717) is 4.61 Å². The van der Waals surface area contributed by atoms with Crippen molar-refractivity contribution < 1.29 is 19.7 Å². The molecule has 0 saturated carbocycles. The number of ether oxygens (including phenoxy) is 1. The van der Waals surface area contributed by atoms with Crippen LogP contribution in [0.4, 0.5) is 0 Å². The van der Waals surface area contributed by atoms with E-state index in [1.54, 1.807) is 0 Å². The van der Waals surface area contributed by atoms with E-state index in [1.165, 1.54) is 18.2 Å². The van der Waals surface area contributed by atoms with E-state index in [9.17, 15) is 9.90 Å². The van der Waals surface area contributed by atoms with Gasteiger partial charge in [0.25, 0.3) is 0 Å². The number of carboxylic acid groups (broad SMARTS) is 1. The Kier molecular flexibility index (Phi) is 3.35. The van der Waals surface area contributed by atoms with Gasteiger partial charge in [0.05, 0.1) is 5.56 Å². The maximum absolute atomic E-state index is 10.5. The maximum atomic E-state index is 10.5. The summed E-state index contributed by atoms with van der Waals surface area (Å²) in [6, 6.07) is 3.90. The summed E-state index contributed by atoms with van der Waals surface area (Å²) < 4.78 is 5.36. The van der Waals surface area contributed by atoms with E-state index in [1.807, 2.05) is 22.6 Å². The van der Waals surface area contributed by atoms with E-state index >= 15 is 0 Å². The highest BCUT2D eigenvalue weighted by Gasteiger charge is 2.07. The van der Waals surface area contributed by atoms with E-state index < -0.39 is 5.97 Å². The summed E-state index contributed by atoms with van der Waals surface area (Å²) in [5.41, 5.74) is 0.0950. The number of hydrogen-bond acceptors (Lipinski definition) is 3. The zero-order valence-corrected chi connectivity index (χ0v) is 8.69. The minimum absolute atomic E-state index is 0.0540. The van der Waals surface area contributed by atoms with Crippen LogP contribution in [0, 0.1) is 0 Å². The summed E-state index contributed by atoms with van der Waals surface area (Å²) in [4.78, 5) is 10.5. The van der Waals surface area contributed by atoms with E-state index in [2.05, 4.69) is 0 Å². The summed E-state index contributed by atoms with van der Waals surface area (Å²) in [7, 11) is 0. The fraction of sp³-hybridized carbons (Fsp3) is 0.125. The van der Waals surface area contributed by atoms with Gasteiger partial charge in [-0.05, 0) is 40.8 Å². The second-order valence-electron chi connectivity index (χ2n) is 2.24. The molecule has 0 saturated heterocycles. The van der Waals surface area contributed by atoms with Crippen molar-refractivity contribution in [2.24, 2.45) is 0 Å². The van der Waals surface area contributed by atoms with Gasteiger partial charge in [-0.15, -0.1) is 0 Å². The molecular weight excluding hydrogens is 287 g/mol. The van der Waals surface area contributed by atoms with Crippen LogP contribution in [0.2, 0.25) is 0 Å². The Balaban J connectivity index is 3.03. The second kappa shape index (κ2) is 4.31. The van der Waals surface area contributed by atoms with Gasteiger partial charge in [-0.2, -0.15) is 0 Å². The molecule has 13 heavy (non-hydrogen) atoms. The monoisotopic (exact) mass is 294 g/mol. The molecule has 0 aliphatic carbocycles. The summed E-state index contributed by atoms with van der Waals surface area (Å²) in [6.07, 6.45) is 0. The minimum Gasteiger partial charge on any atom is -0.504 e. The molecular formula is C8H7IO4. The van der Waals surface area contributed by atoms with Crippen molar-refractivity contribution in [1.29, 1.82) is 0 Å². The van der Waals surface area contributed by atoms with Gasteiger partial charge in [0.1, 0.15) is 4.61 Å². The SMILES string of the molecule is O=C(O)c1ccc(O)c(OCI)c1. The molecule has 0 aliphatic heterocycles. The number of aromatic carboxylic acids is 1. The predicted octanol–water partition coefficient (Wildman–Crippen LogP) is 1.86. The third-order valence-corrected chi connectivity index (χ3v) is 1.73. The minimum atomic E-state index is -1.04. The van der Waals surface area contributed by atoms with E-state index in [4.69, 9.17) is 9.84 Å². The molecule has 1 aromatic rings. The Morgan fingerprint density at radius 1 is 1.54 bits per heavy atom. The topological polar surface area (TPSA) is 66.8 Å². The number of alkyl halides is 1. The molecule has 4 nitrogen and oxygen atoms in total. The number of hydrogen-bond donors (Lipinski definition) is 2. The molecule has 70 valence electrons. The molecule has 2 N–H and O–H groups in total. The smallest absolute Gasteiger partial charge is 0.335 e. The number of carbonyl (C=O) groups is 1. The first-order chi connectivity index (χ1) is 6.15. The third kappa shape index (κ3) is 2.48. The quantitative estimate of drug-likeness (QED) is 0.659. The van der Waals surface area contributed by atoms with Crippen LogP contribution in [-0.4, -0.2) is 20.8 Å². The van der Waals surface area contributed by atoms with Crippen LogP contribution in [0.3, 0.4) is 0 Å². The van der Waals surface area contributed by atoms with Crippen LogP contribution in [0.1, 0.15) is 10.4 Å². The summed E-state index contributed by atoms with van der Waals surface area (Å²) in [5.74, 6) is -0.908. The standard InChI is InChI=1S/C8H7IO4/c9-4-13-7-3-5(8(11)12)1-2-6(7)10/h1-3,10H,4H2,(H,11,12). The molecule has 1 rings (SSSR count). The number of rotatable bonds is 3. The molecule has 0 heterocycles. The van der Waals surface area contributed by atoms with Gasteiger partial charge in [0.15, 0.2) is 11.5 Å². The normalized spacial score (nSPS) is 9.62. The van der Waals surface area contributed by atoms with Crippen LogP contribution in [0.5, 0.6) is 11.5 Å². The number of phenols is 1. The molecule has 0 aliphatic rings. The third-order valence-electron chi connectivity index (χ3n) is 1.42. The molecule has 0 atom stereocenters. The Hall–Kier alpha value is -0.980. The van der Waals surface area contributed by atoms with Gasteiger partial charge < -0.3 is 14.9 Å². The van der Waals surface area contributed by atoms with Crippen molar-refractivity contribution in [3.8, 4) is 11.5 Å². The van der Waals surface area contributed by atoms with Crippen LogP contribution in [0.25, 0.3) is 0 Å². The van der Waals surface area contributed by atoms with Gasteiger partial charge in [0, 0.05) is 0 Å². The summed E-state index contributed by atoms with van der Waals surface area (Å²) in [5, 5.41) is 17.9. The zero-order valence-electron chi connectivity index (χ0n) is 6.53. The van der Waals surface area contributed by atoms with Crippen molar-refractivity contribution in [3.63, 3.8) is 0 Å². The number of phenolic OH excluding ortho intramolecular Hbond substituents is 1. The largest absolute Gasteiger partial charge is 0.504 e. The molecule has 0 spiro atoms. The fourth-order valence-corrected chi connectivity index (χ4v) is 1.16. The van der Waals surface area contributed by atoms with Crippen LogP contribution in [-0.2, 0) is 0 Å². The molecule has 0 unspecified atom stereocenters. The summed E-state index contributed by atoms with van der Waals surface area (Å²) >= 11 is 1.96. The van der Waals surface area contributed by atoms with E-state index in [0.717, 1.165) is 0 Å². The van der Waals surface area contributed by atoms with Crippen molar-refractivity contribution in [2.45, 2.75) is 0 Å². The highest BCUT2D eigenvalue weighted by molar-refractivity contribution is 14.1. The Labute approximate surface area is 88.3 Å². The molecule has 1 aromatic carbocycles. The average molecular weight is 294 g/mol. The predicted molar refractivity (Wildman–Crippen MR) is 54.6 cm³/mol. The lowest BCUT2D eigenvalue weighted by Crippen LogP contribution is -1.97. The fourth-order valence-electron chi connectivity index (χ4n) is 0.822. The van der Waals surface area contributed by atoms with Gasteiger partial charge in [-0.25, -0.2) is 4.79 Å². The first kappa shape index (κ1) is 10.1. The van der Waals surface area contributed by atoms with Crippen molar-refractivity contribution in [3.05, 3.63) is 23.8 Å². The van der Waals surface area contributed by atoms with Crippen molar-refractivity contribution in [1.82, 2.24) is 0 Å². The first-order valence-corrected chi connectivity index (χ1v) is 4.93. The molecule has 5 heteroatoms. The lowest BCUT2D eigenvalue weighted by atomic mass is 10.2. The Morgan fingerprint density at radius 3 is 2.77 bits per heavy atom. The van der Waals surface area contributed by atoms with Gasteiger partial charge in [-0.1, -0.05) is 0 Å². The molecule has 0 bridgehead atoms. The van der Waals surface area contributed by atoms with Gasteiger partial charge in [0.2, 0.25) is 0 Å². The number of carboxylic acids is 1. The number of halogens is 1. The first-order valence-electron chi connectivity index (χ1n) is 3.40. The lowest BCUT2D eigenvalue weighted by Gasteiger charge is -2.05. The molecule has 0 radical (unpaired) electrons. The van der Waals surface area contributed by atoms with Gasteiger partial charge >= 0.3 is 5.97 Å². The van der Waals surface area contributed by atoms with Gasteiger partial charge in [-0.3, -0.25) is 0 Å². The number of aromatic hydroxyl groups is 1. The van der Waals surface area contributed by atoms with Crippen LogP contribution >= 0.6 is 22.6 Å². The van der Waals surface area contributed by atoms with Crippen LogP contribution in [0.15, 0.2) is 18.2 Å². The van der Waals surface area contributed by atoms with Crippen molar-refractivity contribution >= 4 is 28.6 Å². The lowest BCUT2D eigenvalue weighted by molar-refractivity contribution is 0.0696. The molecule has 0 amide bonds. The average Bonchev–Trinajstić information content (AvgIpc) is 2.08. The summed E-state index contributed by atoms with van der Waals surface area (Å²) in [6.45, 7) is 0. The van der Waals surface area contributed by atoms with Crippen molar-refractivity contribution in [2.75, 3.05) is 4.61 Å². The molecule has 0 aromatic heterocycles. The number of benzene rings is 1. The Bertz CT molecular complexity index is 324. The Morgan fingerprint density at radius 2 is 2.23 bits per heavy atom. The zero-order chi connectivity index (χ0) is 9.84. The maximum Gasteiger partial charge on any atom is 0.335 e.